The number of methoxy groups -OCH3 is 2. The molecule has 0 aliphatic rings. The van der Waals surface area contributed by atoms with E-state index in [1.165, 1.54) is 20.3 Å². The number of nitrogens with one attached hydrogen (secondary N) is 1. The van der Waals surface area contributed by atoms with Crippen LogP contribution in [0.25, 0.3) is 0 Å². The maximum atomic E-state index is 13.3. The number of carbonyl (C=O) groups is 1. The Hall–Kier alpha value is -1.41. The Labute approximate surface area is 126 Å². The summed E-state index contributed by atoms with van der Waals surface area (Å²) < 4.78 is 60.0. The Morgan fingerprint density at radius 2 is 1.67 bits per heavy atom. The lowest BCUT2D eigenvalue weighted by molar-refractivity contribution is -0.197. The summed E-state index contributed by atoms with van der Waals surface area (Å²) in [5.74, 6) is -2.16. The molecule has 118 valence electrons. The highest BCUT2D eigenvalue weighted by Gasteiger charge is 2.61. The molecule has 0 aromatic heterocycles. The molecule has 1 rings (SSSR count). The Morgan fingerprint density at radius 1 is 1.14 bits per heavy atom. The normalized spacial score (nSPS) is 14.3. The minimum absolute atomic E-state index is 0.0406. The first-order valence-corrected chi connectivity index (χ1v) is 5.97. The van der Waals surface area contributed by atoms with Crippen LogP contribution in [0.2, 0.25) is 5.02 Å². The fourth-order valence-corrected chi connectivity index (χ4v) is 1.57. The van der Waals surface area contributed by atoms with Crippen molar-refractivity contribution in [2.75, 3.05) is 19.5 Å². The molecule has 1 atom stereocenters. The zero-order chi connectivity index (χ0) is 16.4. The molecule has 0 fully saturated rings. The summed E-state index contributed by atoms with van der Waals surface area (Å²) >= 11 is 10.4. The number of rotatable bonds is 4. The van der Waals surface area contributed by atoms with Crippen LogP contribution in [0.5, 0.6) is 11.5 Å². The Morgan fingerprint density at radius 3 is 2.10 bits per heavy atom. The molecule has 1 N–H and O–H groups in total. The van der Waals surface area contributed by atoms with Gasteiger partial charge in [0.05, 0.1) is 24.9 Å². The first-order valence-electron chi connectivity index (χ1n) is 5.22. The smallest absolute Gasteiger partial charge is 0.446 e. The van der Waals surface area contributed by atoms with Gasteiger partial charge in [0.2, 0.25) is 0 Å². The SMILES string of the molecule is COc1cc(NC(=O)C(F)(Cl)C(F)(F)F)c(OC)cc1Cl. The number of carbonyl (C=O) groups excluding carboxylic acids is 1. The van der Waals surface area contributed by atoms with Gasteiger partial charge in [-0.1, -0.05) is 23.2 Å². The predicted molar refractivity (Wildman–Crippen MR) is 68.9 cm³/mol. The summed E-state index contributed by atoms with van der Waals surface area (Å²) in [5, 5.41) is -2.81. The van der Waals surface area contributed by atoms with Crippen LogP contribution < -0.4 is 14.8 Å². The number of ether oxygens (including phenoxy) is 2. The van der Waals surface area contributed by atoms with Gasteiger partial charge >= 0.3 is 11.3 Å². The maximum Gasteiger partial charge on any atom is 0.446 e. The summed E-state index contributed by atoms with van der Waals surface area (Å²) in [4.78, 5) is 11.4. The largest absolute Gasteiger partial charge is 0.495 e. The van der Waals surface area contributed by atoms with E-state index in [0.29, 0.717) is 0 Å². The highest BCUT2D eigenvalue weighted by molar-refractivity contribution is 6.36. The van der Waals surface area contributed by atoms with Gasteiger partial charge in [-0.25, -0.2) is 4.39 Å². The molecule has 1 aromatic carbocycles. The number of amides is 1. The lowest BCUT2D eigenvalue weighted by Crippen LogP contribution is -2.46. The van der Waals surface area contributed by atoms with Crippen LogP contribution in [0.4, 0.5) is 23.2 Å². The summed E-state index contributed by atoms with van der Waals surface area (Å²) in [6.07, 6.45) is -5.58. The van der Waals surface area contributed by atoms with Crippen molar-refractivity contribution in [2.45, 2.75) is 11.3 Å². The number of hydrogen-bond donors (Lipinski definition) is 1. The molecule has 0 radical (unpaired) electrons. The van der Waals surface area contributed by atoms with E-state index in [0.717, 1.165) is 6.07 Å². The van der Waals surface area contributed by atoms with Gasteiger partial charge in [-0.3, -0.25) is 4.79 Å². The van der Waals surface area contributed by atoms with Gasteiger partial charge in [-0.05, 0) is 0 Å². The van der Waals surface area contributed by atoms with E-state index in [1.54, 1.807) is 5.32 Å². The molecule has 0 bridgehead atoms. The third-order valence-corrected chi connectivity index (χ3v) is 3.04. The number of anilines is 1. The zero-order valence-corrected chi connectivity index (χ0v) is 12.2. The van der Waals surface area contributed by atoms with E-state index < -0.39 is 17.2 Å². The molecule has 0 aliphatic carbocycles. The Balaban J connectivity index is 3.16. The molecule has 21 heavy (non-hydrogen) atoms. The van der Waals surface area contributed by atoms with Crippen molar-refractivity contribution >= 4 is 34.8 Å². The summed E-state index contributed by atoms with van der Waals surface area (Å²) in [7, 11) is 2.43. The lowest BCUT2D eigenvalue weighted by Gasteiger charge is -2.21. The Kier molecular flexibility index (Phi) is 5.16. The average Bonchev–Trinajstić information content (AvgIpc) is 2.38. The second-order valence-electron chi connectivity index (χ2n) is 3.71. The molecule has 0 saturated carbocycles. The van der Waals surface area contributed by atoms with Gasteiger partial charge in [-0.2, -0.15) is 13.2 Å². The summed E-state index contributed by atoms with van der Waals surface area (Å²) in [6.45, 7) is 0. The first-order chi connectivity index (χ1) is 9.54. The third kappa shape index (κ3) is 3.62. The molecule has 1 amide bonds. The van der Waals surface area contributed by atoms with Crippen molar-refractivity contribution in [2.24, 2.45) is 0 Å². The summed E-state index contributed by atoms with van der Waals surface area (Å²) in [6, 6.07) is 2.25. The second kappa shape index (κ2) is 6.15. The minimum Gasteiger partial charge on any atom is -0.495 e. The topological polar surface area (TPSA) is 47.6 Å². The fourth-order valence-electron chi connectivity index (χ4n) is 1.29. The zero-order valence-electron chi connectivity index (χ0n) is 10.6. The lowest BCUT2D eigenvalue weighted by atomic mass is 10.2. The van der Waals surface area contributed by atoms with Crippen molar-refractivity contribution in [1.82, 2.24) is 0 Å². The highest BCUT2D eigenvalue weighted by atomic mass is 35.5. The Bertz CT molecular complexity index is 549. The molecule has 0 saturated heterocycles. The van der Waals surface area contributed by atoms with Crippen LogP contribution in [-0.2, 0) is 4.79 Å². The summed E-state index contributed by atoms with van der Waals surface area (Å²) in [5.41, 5.74) is -0.282. The molecule has 0 heterocycles. The van der Waals surface area contributed by atoms with E-state index >= 15 is 0 Å². The van der Waals surface area contributed by atoms with Crippen LogP contribution >= 0.6 is 23.2 Å². The van der Waals surface area contributed by atoms with Crippen LogP contribution in [0.3, 0.4) is 0 Å². The van der Waals surface area contributed by atoms with Crippen LogP contribution in [0.15, 0.2) is 12.1 Å². The molecule has 0 spiro atoms. The van der Waals surface area contributed by atoms with E-state index in [9.17, 15) is 22.4 Å². The fraction of sp³-hybridized carbons (Fsp3) is 0.364. The molecular formula is C11H9Cl2F4NO3. The second-order valence-corrected chi connectivity index (χ2v) is 4.64. The molecule has 0 aliphatic heterocycles. The standard InChI is InChI=1S/C11H9Cl2F4NO3/c1-20-7-4-6(8(21-2)3-5(7)12)18-9(19)10(13,14)11(15,16)17/h3-4H,1-2H3,(H,18,19). The molecule has 10 heteroatoms. The van der Waals surface area contributed by atoms with Gasteiger partial charge in [0.1, 0.15) is 11.5 Å². The number of halogens is 6. The van der Waals surface area contributed by atoms with Gasteiger partial charge in [-0.15, -0.1) is 0 Å². The number of hydrogen-bond acceptors (Lipinski definition) is 3. The van der Waals surface area contributed by atoms with Crippen LogP contribution in [0.1, 0.15) is 0 Å². The molecular weight excluding hydrogens is 341 g/mol. The van der Waals surface area contributed by atoms with E-state index in [-0.39, 0.29) is 22.2 Å². The average molecular weight is 350 g/mol. The third-order valence-electron chi connectivity index (χ3n) is 2.36. The van der Waals surface area contributed by atoms with Gasteiger partial charge < -0.3 is 14.8 Å². The van der Waals surface area contributed by atoms with Crippen molar-refractivity contribution in [3.63, 3.8) is 0 Å². The van der Waals surface area contributed by atoms with Crippen molar-refractivity contribution in [1.29, 1.82) is 0 Å². The van der Waals surface area contributed by atoms with E-state index in [2.05, 4.69) is 11.6 Å². The predicted octanol–water partition coefficient (Wildman–Crippen LogP) is 3.76. The molecule has 4 nitrogen and oxygen atoms in total. The quantitative estimate of drug-likeness (QED) is 0.665. The van der Waals surface area contributed by atoms with Crippen molar-refractivity contribution in [3.05, 3.63) is 17.2 Å². The molecule has 1 unspecified atom stereocenters. The maximum absolute atomic E-state index is 13.3. The monoisotopic (exact) mass is 349 g/mol. The van der Waals surface area contributed by atoms with Gasteiger partial charge in [0.25, 0.3) is 5.91 Å². The molecule has 1 aromatic rings. The number of alkyl halides is 5. The van der Waals surface area contributed by atoms with E-state index in [1.807, 2.05) is 0 Å². The van der Waals surface area contributed by atoms with E-state index in [4.69, 9.17) is 21.1 Å². The van der Waals surface area contributed by atoms with Crippen LogP contribution in [0, 0.1) is 0 Å². The number of benzene rings is 1. The highest BCUT2D eigenvalue weighted by Crippen LogP contribution is 2.40. The minimum atomic E-state index is -5.58. The van der Waals surface area contributed by atoms with Gasteiger partial charge in [0, 0.05) is 12.1 Å². The van der Waals surface area contributed by atoms with Crippen molar-refractivity contribution < 1.29 is 31.8 Å². The van der Waals surface area contributed by atoms with Crippen LogP contribution in [-0.4, -0.2) is 31.4 Å². The van der Waals surface area contributed by atoms with Gasteiger partial charge in [0.15, 0.2) is 0 Å². The first kappa shape index (κ1) is 17.6. The van der Waals surface area contributed by atoms with Crippen molar-refractivity contribution in [3.8, 4) is 11.5 Å².